The molecule has 0 N–H and O–H groups in total. The monoisotopic (exact) mass is 273 g/mol. The van der Waals surface area contributed by atoms with Crippen LogP contribution in [-0.4, -0.2) is 13.4 Å². The molecule has 0 unspecified atom stereocenters. The van der Waals surface area contributed by atoms with Crippen LogP contribution in [0.2, 0.25) is 0 Å². The predicted octanol–water partition coefficient (Wildman–Crippen LogP) is 2.18. The van der Waals surface area contributed by atoms with Gasteiger partial charge in [-0.3, -0.25) is 0 Å². The Hall–Kier alpha value is -1.53. The first-order valence-corrected chi connectivity index (χ1v) is 6.93. The average Bonchev–Trinajstić information content (AvgIpc) is 2.78. The van der Waals surface area contributed by atoms with Crippen molar-refractivity contribution in [2.75, 3.05) is 0 Å². The molecule has 0 bridgehead atoms. The van der Waals surface area contributed by atoms with E-state index < -0.39 is 9.05 Å². The summed E-state index contributed by atoms with van der Waals surface area (Å²) in [6, 6.07) is 6.20. The van der Waals surface area contributed by atoms with Gasteiger partial charge in [-0.15, -0.1) is 0 Å². The maximum Gasteiger partial charge on any atom is 0.266 e. The molecule has 0 amide bonds. The average molecular weight is 274 g/mol. The molecule has 5 nitrogen and oxygen atoms in total. The van der Waals surface area contributed by atoms with Crippen LogP contribution in [0.1, 0.15) is 5.76 Å². The summed E-state index contributed by atoms with van der Waals surface area (Å²) in [5.41, 5.74) is 0. The van der Waals surface area contributed by atoms with Crippen LogP contribution in [0.15, 0.2) is 46.0 Å². The Labute approximate surface area is 102 Å². The molecule has 0 spiro atoms. The fourth-order valence-corrected chi connectivity index (χ4v) is 2.12. The third kappa shape index (κ3) is 2.98. The quantitative estimate of drug-likeness (QED) is 0.799. The van der Waals surface area contributed by atoms with Gasteiger partial charge < -0.3 is 9.15 Å². The Balaban J connectivity index is 2.22. The Kier molecular flexibility index (Phi) is 3.35. The topological polar surface area (TPSA) is 69.4 Å². The molecule has 2 aromatic heterocycles. The van der Waals surface area contributed by atoms with E-state index in [4.69, 9.17) is 19.8 Å². The standard InChI is InChI=1S/C10H8ClNO4S/c11-17(13,14)9-4-1-5-12-10(9)16-7-8-3-2-6-15-8/h1-6H,7H2. The van der Waals surface area contributed by atoms with Gasteiger partial charge >= 0.3 is 0 Å². The number of furan rings is 1. The Morgan fingerprint density at radius 3 is 2.82 bits per heavy atom. The molecule has 0 saturated carbocycles. The number of hydrogen-bond acceptors (Lipinski definition) is 5. The second kappa shape index (κ2) is 4.77. The summed E-state index contributed by atoms with van der Waals surface area (Å²) in [6.45, 7) is 0.0867. The van der Waals surface area contributed by atoms with Crippen molar-refractivity contribution in [1.29, 1.82) is 0 Å². The van der Waals surface area contributed by atoms with Gasteiger partial charge in [0.2, 0.25) is 5.88 Å². The van der Waals surface area contributed by atoms with Crippen LogP contribution >= 0.6 is 10.7 Å². The SMILES string of the molecule is O=S(=O)(Cl)c1cccnc1OCc1ccco1. The molecule has 7 heteroatoms. The molecule has 2 rings (SSSR count). The summed E-state index contributed by atoms with van der Waals surface area (Å²) in [4.78, 5) is 3.66. The van der Waals surface area contributed by atoms with Crippen molar-refractivity contribution in [1.82, 2.24) is 4.98 Å². The number of hydrogen-bond donors (Lipinski definition) is 0. The van der Waals surface area contributed by atoms with Crippen LogP contribution in [0, 0.1) is 0 Å². The van der Waals surface area contributed by atoms with Crippen LogP contribution < -0.4 is 4.74 Å². The molecule has 17 heavy (non-hydrogen) atoms. The second-order valence-electron chi connectivity index (χ2n) is 3.11. The lowest BCUT2D eigenvalue weighted by atomic mass is 10.4. The van der Waals surface area contributed by atoms with Crippen molar-refractivity contribution in [3.63, 3.8) is 0 Å². The van der Waals surface area contributed by atoms with Crippen molar-refractivity contribution >= 4 is 19.7 Å². The number of rotatable bonds is 4. The largest absolute Gasteiger partial charge is 0.469 e. The summed E-state index contributed by atoms with van der Waals surface area (Å²) in [5, 5.41) is 0. The van der Waals surface area contributed by atoms with E-state index in [1.54, 1.807) is 12.1 Å². The Bertz CT molecular complexity index is 595. The molecule has 0 radical (unpaired) electrons. The molecule has 0 saturated heterocycles. The highest BCUT2D eigenvalue weighted by atomic mass is 35.7. The van der Waals surface area contributed by atoms with Crippen LogP contribution in [-0.2, 0) is 15.7 Å². The highest BCUT2D eigenvalue weighted by molar-refractivity contribution is 8.13. The number of nitrogens with zero attached hydrogens (tertiary/aromatic N) is 1. The van der Waals surface area contributed by atoms with Crippen LogP contribution in [0.4, 0.5) is 0 Å². The van der Waals surface area contributed by atoms with E-state index in [-0.39, 0.29) is 17.4 Å². The zero-order valence-electron chi connectivity index (χ0n) is 8.54. The maximum absolute atomic E-state index is 11.2. The van der Waals surface area contributed by atoms with Crippen LogP contribution in [0.25, 0.3) is 0 Å². The predicted molar refractivity (Wildman–Crippen MR) is 60.3 cm³/mol. The Morgan fingerprint density at radius 1 is 1.35 bits per heavy atom. The summed E-state index contributed by atoms with van der Waals surface area (Å²) in [5.74, 6) is 0.521. The zero-order chi connectivity index (χ0) is 12.3. The number of pyridine rings is 1. The summed E-state index contributed by atoms with van der Waals surface area (Å²) < 4.78 is 32.8. The van der Waals surface area contributed by atoms with E-state index in [1.807, 2.05) is 0 Å². The van der Waals surface area contributed by atoms with E-state index in [1.165, 1.54) is 24.6 Å². The van der Waals surface area contributed by atoms with Gasteiger partial charge in [0.25, 0.3) is 9.05 Å². The molecule has 0 aliphatic rings. The molecular formula is C10H8ClNO4S. The molecule has 90 valence electrons. The Morgan fingerprint density at radius 2 is 2.18 bits per heavy atom. The van der Waals surface area contributed by atoms with Gasteiger partial charge in [0.1, 0.15) is 17.3 Å². The smallest absolute Gasteiger partial charge is 0.266 e. The fourth-order valence-electron chi connectivity index (χ4n) is 1.20. The number of aromatic nitrogens is 1. The van der Waals surface area contributed by atoms with Gasteiger partial charge in [-0.1, -0.05) is 0 Å². The molecule has 0 aromatic carbocycles. The minimum Gasteiger partial charge on any atom is -0.469 e. The van der Waals surface area contributed by atoms with E-state index in [9.17, 15) is 8.42 Å². The van der Waals surface area contributed by atoms with Crippen LogP contribution in [0.3, 0.4) is 0 Å². The zero-order valence-corrected chi connectivity index (χ0v) is 10.1. The lowest BCUT2D eigenvalue weighted by Crippen LogP contribution is -2.01. The van der Waals surface area contributed by atoms with Crippen molar-refractivity contribution < 1.29 is 17.6 Å². The van der Waals surface area contributed by atoms with E-state index in [0.717, 1.165) is 0 Å². The first kappa shape index (κ1) is 11.9. The van der Waals surface area contributed by atoms with Gasteiger partial charge in [-0.2, -0.15) is 0 Å². The summed E-state index contributed by atoms with van der Waals surface area (Å²) >= 11 is 0. The molecule has 0 atom stereocenters. The van der Waals surface area contributed by atoms with Gasteiger partial charge in [0.15, 0.2) is 0 Å². The molecule has 0 aliphatic heterocycles. The molecular weight excluding hydrogens is 266 g/mol. The second-order valence-corrected chi connectivity index (χ2v) is 5.65. The van der Waals surface area contributed by atoms with Gasteiger partial charge in [0.05, 0.1) is 6.26 Å². The normalized spacial score (nSPS) is 11.4. The third-order valence-corrected chi connectivity index (χ3v) is 3.26. The molecule has 0 aliphatic carbocycles. The highest BCUT2D eigenvalue weighted by Crippen LogP contribution is 2.24. The van der Waals surface area contributed by atoms with Gasteiger partial charge in [-0.25, -0.2) is 13.4 Å². The van der Waals surface area contributed by atoms with Crippen molar-refractivity contribution in [2.24, 2.45) is 0 Å². The van der Waals surface area contributed by atoms with Gasteiger partial charge in [0, 0.05) is 16.9 Å². The van der Waals surface area contributed by atoms with E-state index in [0.29, 0.717) is 5.76 Å². The first-order valence-electron chi connectivity index (χ1n) is 4.62. The van der Waals surface area contributed by atoms with Crippen LogP contribution in [0.5, 0.6) is 5.88 Å². The molecule has 0 fully saturated rings. The van der Waals surface area contributed by atoms with E-state index in [2.05, 4.69) is 4.98 Å². The third-order valence-electron chi connectivity index (χ3n) is 1.93. The molecule has 2 aromatic rings. The molecule has 2 heterocycles. The van der Waals surface area contributed by atoms with Crippen molar-refractivity contribution in [3.05, 3.63) is 42.5 Å². The summed E-state index contributed by atoms with van der Waals surface area (Å²) in [6.07, 6.45) is 2.92. The fraction of sp³-hybridized carbons (Fsp3) is 0.100. The van der Waals surface area contributed by atoms with E-state index >= 15 is 0 Å². The first-order chi connectivity index (χ1) is 8.07. The lowest BCUT2D eigenvalue weighted by molar-refractivity contribution is 0.253. The number of halogens is 1. The highest BCUT2D eigenvalue weighted by Gasteiger charge is 2.17. The van der Waals surface area contributed by atoms with Crippen molar-refractivity contribution in [2.45, 2.75) is 11.5 Å². The summed E-state index contributed by atoms with van der Waals surface area (Å²) in [7, 11) is 1.38. The number of ether oxygens (including phenoxy) is 1. The minimum absolute atomic E-state index is 0.0427. The lowest BCUT2D eigenvalue weighted by Gasteiger charge is -2.06. The van der Waals surface area contributed by atoms with Gasteiger partial charge in [-0.05, 0) is 24.3 Å². The maximum atomic E-state index is 11.2. The van der Waals surface area contributed by atoms with Crippen molar-refractivity contribution in [3.8, 4) is 5.88 Å². The minimum atomic E-state index is -3.87.